The van der Waals surface area contributed by atoms with Gasteiger partial charge in [-0.15, -0.1) is 0 Å². The standard InChI is InChI=1S/C14H17ClF2N2O2/c1-2-21-12-6-9-19-13(10-12)18-8-3-4-11(20)5-7-14(15,16)17/h5-7,9-10H,2-4,8H2,1H3,(H,18,19)/b7-5+. The Bertz CT molecular complexity index is 490. The van der Waals surface area contributed by atoms with E-state index < -0.39 is 11.2 Å². The molecule has 21 heavy (non-hydrogen) atoms. The predicted molar refractivity (Wildman–Crippen MR) is 78.1 cm³/mol. The van der Waals surface area contributed by atoms with Crippen molar-refractivity contribution in [2.45, 2.75) is 25.1 Å². The fourth-order valence-electron chi connectivity index (χ4n) is 1.51. The van der Waals surface area contributed by atoms with E-state index in [0.717, 1.165) is 6.08 Å². The number of anilines is 1. The number of carbonyl (C=O) groups excluding carboxylic acids is 1. The third kappa shape index (κ3) is 8.24. The van der Waals surface area contributed by atoms with Crippen LogP contribution in [0, 0.1) is 0 Å². The van der Waals surface area contributed by atoms with Crippen LogP contribution in [0.1, 0.15) is 19.8 Å². The number of rotatable bonds is 9. The second-order valence-corrected chi connectivity index (χ2v) is 4.69. The minimum atomic E-state index is -3.47. The number of hydrogen-bond donors (Lipinski definition) is 1. The summed E-state index contributed by atoms with van der Waals surface area (Å²) >= 11 is 4.65. The zero-order valence-electron chi connectivity index (χ0n) is 11.6. The molecule has 0 unspecified atom stereocenters. The van der Waals surface area contributed by atoms with E-state index >= 15 is 0 Å². The summed E-state index contributed by atoms with van der Waals surface area (Å²) in [5.74, 6) is 0.947. The van der Waals surface area contributed by atoms with Gasteiger partial charge in [0.25, 0.3) is 0 Å². The predicted octanol–water partition coefficient (Wildman–Crippen LogP) is 3.63. The molecule has 0 fully saturated rings. The van der Waals surface area contributed by atoms with Crippen LogP contribution >= 0.6 is 11.6 Å². The Hall–Kier alpha value is -1.69. The highest BCUT2D eigenvalue weighted by Gasteiger charge is 2.19. The maximum absolute atomic E-state index is 12.3. The number of allylic oxidation sites excluding steroid dienone is 2. The summed E-state index contributed by atoms with van der Waals surface area (Å²) < 4.78 is 29.9. The van der Waals surface area contributed by atoms with E-state index in [0.29, 0.717) is 37.2 Å². The molecular formula is C14H17ClF2N2O2. The Balaban J connectivity index is 2.29. The summed E-state index contributed by atoms with van der Waals surface area (Å²) in [6, 6.07) is 3.49. The van der Waals surface area contributed by atoms with Crippen LogP contribution in [0.4, 0.5) is 14.6 Å². The van der Waals surface area contributed by atoms with Crippen molar-refractivity contribution in [3.8, 4) is 5.75 Å². The van der Waals surface area contributed by atoms with Gasteiger partial charge in [-0.3, -0.25) is 4.79 Å². The molecule has 0 radical (unpaired) electrons. The van der Waals surface area contributed by atoms with Crippen LogP contribution in [0.5, 0.6) is 5.75 Å². The molecule has 0 aromatic carbocycles. The highest BCUT2D eigenvalue weighted by atomic mass is 35.5. The molecule has 4 nitrogen and oxygen atoms in total. The number of nitrogens with one attached hydrogen (secondary N) is 1. The van der Waals surface area contributed by atoms with Crippen LogP contribution in [-0.2, 0) is 4.79 Å². The van der Waals surface area contributed by atoms with Crippen LogP contribution < -0.4 is 10.1 Å². The molecule has 1 heterocycles. The molecule has 0 bridgehead atoms. The molecule has 0 aliphatic carbocycles. The van der Waals surface area contributed by atoms with Crippen LogP contribution in [0.25, 0.3) is 0 Å². The molecule has 0 aliphatic rings. The lowest BCUT2D eigenvalue weighted by molar-refractivity contribution is -0.114. The summed E-state index contributed by atoms with van der Waals surface area (Å²) in [6.07, 6.45) is 3.46. The Labute approximate surface area is 127 Å². The second kappa shape index (κ2) is 8.56. The highest BCUT2D eigenvalue weighted by Crippen LogP contribution is 2.20. The van der Waals surface area contributed by atoms with E-state index in [9.17, 15) is 13.6 Å². The SMILES string of the molecule is CCOc1ccnc(NCCCC(=O)/C=C/C(F)(F)Cl)c1. The van der Waals surface area contributed by atoms with Crippen LogP contribution in [0.2, 0.25) is 0 Å². The normalized spacial score (nSPS) is 11.6. The maximum Gasteiger partial charge on any atom is 0.341 e. The van der Waals surface area contributed by atoms with Gasteiger partial charge in [-0.05, 0) is 37.1 Å². The number of aromatic nitrogens is 1. The first-order valence-corrected chi connectivity index (χ1v) is 6.90. The van der Waals surface area contributed by atoms with E-state index in [1.54, 1.807) is 18.3 Å². The van der Waals surface area contributed by atoms with E-state index in [-0.39, 0.29) is 6.42 Å². The van der Waals surface area contributed by atoms with Crippen LogP contribution in [0.3, 0.4) is 0 Å². The second-order valence-electron chi connectivity index (χ2n) is 4.18. The van der Waals surface area contributed by atoms with Gasteiger partial charge in [0.05, 0.1) is 6.61 Å². The molecule has 1 rings (SSSR count). The Morgan fingerprint density at radius 3 is 3.00 bits per heavy atom. The number of carbonyl (C=O) groups is 1. The van der Waals surface area contributed by atoms with Crippen LogP contribution in [0.15, 0.2) is 30.5 Å². The number of halogens is 3. The van der Waals surface area contributed by atoms with Crippen molar-refractivity contribution in [1.82, 2.24) is 4.98 Å². The molecule has 1 aromatic heterocycles. The first kappa shape index (κ1) is 17.4. The van der Waals surface area contributed by atoms with Crippen molar-refractivity contribution >= 4 is 23.2 Å². The van der Waals surface area contributed by atoms with Crippen molar-refractivity contribution in [1.29, 1.82) is 0 Å². The number of nitrogens with zero attached hydrogens (tertiary/aromatic N) is 1. The van der Waals surface area contributed by atoms with Gasteiger partial charge in [0.1, 0.15) is 11.6 Å². The monoisotopic (exact) mass is 318 g/mol. The third-order valence-electron chi connectivity index (χ3n) is 2.41. The largest absolute Gasteiger partial charge is 0.494 e. The third-order valence-corrected chi connectivity index (χ3v) is 2.53. The Morgan fingerprint density at radius 2 is 2.33 bits per heavy atom. The van der Waals surface area contributed by atoms with E-state index in [1.807, 2.05) is 6.92 Å². The van der Waals surface area contributed by atoms with Crippen molar-refractivity contribution in [2.75, 3.05) is 18.5 Å². The fourth-order valence-corrected chi connectivity index (χ4v) is 1.58. The van der Waals surface area contributed by atoms with Crippen molar-refractivity contribution in [3.63, 3.8) is 0 Å². The van der Waals surface area contributed by atoms with Crippen molar-refractivity contribution in [2.24, 2.45) is 0 Å². The molecule has 0 spiro atoms. The first-order chi connectivity index (χ1) is 9.90. The zero-order valence-corrected chi connectivity index (χ0v) is 12.4. The molecule has 7 heteroatoms. The fraction of sp³-hybridized carbons (Fsp3) is 0.429. The van der Waals surface area contributed by atoms with Gasteiger partial charge in [0.15, 0.2) is 5.78 Å². The highest BCUT2D eigenvalue weighted by molar-refractivity contribution is 6.23. The average Bonchev–Trinajstić information content (AvgIpc) is 2.41. The first-order valence-electron chi connectivity index (χ1n) is 6.52. The Morgan fingerprint density at radius 1 is 1.57 bits per heavy atom. The molecule has 0 atom stereocenters. The summed E-state index contributed by atoms with van der Waals surface area (Å²) in [5.41, 5.74) is 0. The lowest BCUT2D eigenvalue weighted by Crippen LogP contribution is -2.06. The molecule has 0 saturated carbocycles. The zero-order chi connectivity index (χ0) is 15.7. The number of hydrogen-bond acceptors (Lipinski definition) is 4. The minimum Gasteiger partial charge on any atom is -0.494 e. The number of ketones is 1. The maximum atomic E-state index is 12.3. The summed E-state index contributed by atoms with van der Waals surface area (Å²) in [4.78, 5) is 15.4. The minimum absolute atomic E-state index is 0.154. The molecule has 0 amide bonds. The van der Waals surface area contributed by atoms with Crippen molar-refractivity contribution in [3.05, 3.63) is 30.5 Å². The quantitative estimate of drug-likeness (QED) is 0.429. The average molecular weight is 319 g/mol. The van der Waals surface area contributed by atoms with E-state index in [4.69, 9.17) is 4.74 Å². The summed E-state index contributed by atoms with van der Waals surface area (Å²) in [7, 11) is 0. The van der Waals surface area contributed by atoms with Gasteiger partial charge in [0, 0.05) is 31.3 Å². The van der Waals surface area contributed by atoms with E-state index in [1.165, 1.54) is 0 Å². The van der Waals surface area contributed by atoms with Gasteiger partial charge < -0.3 is 10.1 Å². The van der Waals surface area contributed by atoms with Crippen LogP contribution in [-0.4, -0.2) is 29.3 Å². The van der Waals surface area contributed by atoms with E-state index in [2.05, 4.69) is 21.9 Å². The van der Waals surface area contributed by atoms with Crippen molar-refractivity contribution < 1.29 is 18.3 Å². The van der Waals surface area contributed by atoms with Gasteiger partial charge in [-0.25, -0.2) is 4.98 Å². The lowest BCUT2D eigenvalue weighted by atomic mass is 10.2. The smallest absolute Gasteiger partial charge is 0.341 e. The molecule has 1 N–H and O–H groups in total. The number of pyridine rings is 1. The van der Waals surface area contributed by atoms with Gasteiger partial charge in [-0.1, -0.05) is 0 Å². The molecule has 0 aliphatic heterocycles. The number of alkyl halides is 3. The summed E-state index contributed by atoms with van der Waals surface area (Å²) in [6.45, 7) is 2.95. The van der Waals surface area contributed by atoms with Gasteiger partial charge in [0.2, 0.25) is 0 Å². The Kier molecular flexibility index (Phi) is 7.08. The molecule has 0 saturated heterocycles. The molecule has 116 valence electrons. The lowest BCUT2D eigenvalue weighted by Gasteiger charge is -2.07. The molecule has 1 aromatic rings. The van der Waals surface area contributed by atoms with Gasteiger partial charge in [-0.2, -0.15) is 8.78 Å². The summed E-state index contributed by atoms with van der Waals surface area (Å²) in [5, 5.41) is -0.445. The topological polar surface area (TPSA) is 51.2 Å². The number of ether oxygens (including phenoxy) is 1. The molecular weight excluding hydrogens is 302 g/mol. The van der Waals surface area contributed by atoms with Gasteiger partial charge >= 0.3 is 5.38 Å².